The highest BCUT2D eigenvalue weighted by atomic mass is 16.5. The maximum Gasteiger partial charge on any atom is 0.342 e. The number of fused-ring (bicyclic) bond motifs is 1. The fourth-order valence-corrected chi connectivity index (χ4v) is 2.66. The van der Waals surface area contributed by atoms with Crippen molar-refractivity contribution in [3.05, 3.63) is 34.4 Å². The largest absolute Gasteiger partial charge is 0.497 e. The van der Waals surface area contributed by atoms with E-state index in [0.29, 0.717) is 5.75 Å². The van der Waals surface area contributed by atoms with Crippen molar-refractivity contribution in [2.75, 3.05) is 20.8 Å². The van der Waals surface area contributed by atoms with Gasteiger partial charge in [0, 0.05) is 23.6 Å². The van der Waals surface area contributed by atoms with E-state index in [4.69, 9.17) is 14.2 Å². The van der Waals surface area contributed by atoms with Crippen molar-refractivity contribution in [3.8, 4) is 11.5 Å². The third-order valence-electron chi connectivity index (χ3n) is 3.71. The molecule has 0 N–H and O–H groups in total. The predicted octanol–water partition coefficient (Wildman–Crippen LogP) is 1.92. The van der Waals surface area contributed by atoms with Crippen LogP contribution in [-0.4, -0.2) is 44.1 Å². The number of ether oxygens (including phenoxy) is 3. The topological polar surface area (TPSA) is 96.0 Å². The standard InChI is InChI=1S/C18H18O7/c1-5-25-18(22)15-11(6-9(2)19)16(20)12-7-10(23-3)8-13(24-4)14(12)17(15)21/h7-8H,5-6H2,1-4H3. The molecule has 0 fully saturated rings. The summed E-state index contributed by atoms with van der Waals surface area (Å²) in [6.45, 7) is 2.89. The van der Waals surface area contributed by atoms with E-state index in [9.17, 15) is 19.2 Å². The molecule has 1 aromatic carbocycles. The molecule has 0 heterocycles. The lowest BCUT2D eigenvalue weighted by atomic mass is 9.81. The van der Waals surface area contributed by atoms with Gasteiger partial charge in [-0.25, -0.2) is 4.79 Å². The van der Waals surface area contributed by atoms with Gasteiger partial charge in [0.25, 0.3) is 0 Å². The summed E-state index contributed by atoms with van der Waals surface area (Å²) in [6, 6.07) is 2.84. The van der Waals surface area contributed by atoms with Crippen LogP contribution in [0.3, 0.4) is 0 Å². The van der Waals surface area contributed by atoms with Crippen molar-refractivity contribution >= 4 is 23.3 Å². The van der Waals surface area contributed by atoms with Crippen LogP contribution in [0, 0.1) is 0 Å². The van der Waals surface area contributed by atoms with Gasteiger partial charge in [0.15, 0.2) is 5.78 Å². The molecule has 7 heteroatoms. The van der Waals surface area contributed by atoms with Gasteiger partial charge < -0.3 is 14.2 Å². The summed E-state index contributed by atoms with van der Waals surface area (Å²) >= 11 is 0. The molecule has 0 saturated heterocycles. The Morgan fingerprint density at radius 3 is 2.24 bits per heavy atom. The smallest absolute Gasteiger partial charge is 0.342 e. The van der Waals surface area contributed by atoms with Crippen molar-refractivity contribution in [2.45, 2.75) is 20.3 Å². The van der Waals surface area contributed by atoms with Crippen LogP contribution in [0.25, 0.3) is 0 Å². The normalized spacial score (nSPS) is 13.4. The third-order valence-corrected chi connectivity index (χ3v) is 3.71. The maximum atomic E-state index is 12.9. The fourth-order valence-electron chi connectivity index (χ4n) is 2.66. The molecule has 25 heavy (non-hydrogen) atoms. The molecule has 0 saturated carbocycles. The highest BCUT2D eigenvalue weighted by Crippen LogP contribution is 2.37. The Bertz CT molecular complexity index is 802. The average Bonchev–Trinajstić information content (AvgIpc) is 2.58. The molecule has 7 nitrogen and oxygen atoms in total. The summed E-state index contributed by atoms with van der Waals surface area (Å²) in [5.41, 5.74) is -0.592. The minimum absolute atomic E-state index is 0.0315. The summed E-state index contributed by atoms with van der Waals surface area (Å²) in [6.07, 6.45) is -0.336. The number of methoxy groups -OCH3 is 2. The van der Waals surface area contributed by atoms with Crippen molar-refractivity contribution in [1.29, 1.82) is 0 Å². The van der Waals surface area contributed by atoms with Crippen LogP contribution in [0.1, 0.15) is 41.0 Å². The Kier molecular flexibility index (Phi) is 5.36. The highest BCUT2D eigenvalue weighted by Gasteiger charge is 2.39. The Hall–Kier alpha value is -2.96. The van der Waals surface area contributed by atoms with Crippen molar-refractivity contribution in [2.24, 2.45) is 0 Å². The number of benzene rings is 1. The second-order valence-corrected chi connectivity index (χ2v) is 5.36. The number of Topliss-reactive ketones (excluding diaryl/α,β-unsaturated/α-hetero) is 3. The first-order valence-electron chi connectivity index (χ1n) is 7.60. The van der Waals surface area contributed by atoms with Crippen LogP contribution in [0.15, 0.2) is 23.3 Å². The number of hydrogen-bond donors (Lipinski definition) is 0. The lowest BCUT2D eigenvalue weighted by Gasteiger charge is -2.22. The van der Waals surface area contributed by atoms with E-state index < -0.39 is 23.1 Å². The summed E-state index contributed by atoms with van der Waals surface area (Å²) in [5, 5.41) is 0. The summed E-state index contributed by atoms with van der Waals surface area (Å²) in [5.74, 6) is -2.15. The maximum absolute atomic E-state index is 12.9. The highest BCUT2D eigenvalue weighted by molar-refractivity contribution is 6.36. The molecule has 0 aromatic heterocycles. The molecule has 0 aliphatic heterocycles. The van der Waals surface area contributed by atoms with E-state index in [1.165, 1.54) is 33.3 Å². The number of carbonyl (C=O) groups is 4. The summed E-state index contributed by atoms with van der Waals surface area (Å²) in [7, 11) is 2.75. The van der Waals surface area contributed by atoms with Crippen molar-refractivity contribution in [1.82, 2.24) is 0 Å². The second kappa shape index (κ2) is 7.29. The van der Waals surface area contributed by atoms with Crippen LogP contribution in [-0.2, 0) is 14.3 Å². The predicted molar refractivity (Wildman–Crippen MR) is 87.2 cm³/mol. The molecular formula is C18H18O7. The first-order chi connectivity index (χ1) is 11.8. The van der Waals surface area contributed by atoms with Crippen LogP contribution in [0.4, 0.5) is 0 Å². The molecule has 132 valence electrons. The molecule has 0 amide bonds. The van der Waals surface area contributed by atoms with Gasteiger partial charge in [0.05, 0.1) is 26.4 Å². The Morgan fingerprint density at radius 2 is 1.72 bits per heavy atom. The summed E-state index contributed by atoms with van der Waals surface area (Å²) in [4.78, 5) is 49.6. The zero-order valence-electron chi connectivity index (χ0n) is 14.4. The van der Waals surface area contributed by atoms with Gasteiger partial charge in [-0.1, -0.05) is 0 Å². The molecular weight excluding hydrogens is 328 g/mol. The van der Waals surface area contributed by atoms with Crippen molar-refractivity contribution in [3.63, 3.8) is 0 Å². The van der Waals surface area contributed by atoms with Crippen LogP contribution < -0.4 is 9.47 Å². The summed E-state index contributed by atoms with van der Waals surface area (Å²) < 4.78 is 15.2. The molecule has 0 spiro atoms. The van der Waals surface area contributed by atoms with Crippen LogP contribution >= 0.6 is 0 Å². The van der Waals surface area contributed by atoms with Crippen LogP contribution in [0.2, 0.25) is 0 Å². The van der Waals surface area contributed by atoms with Gasteiger partial charge >= 0.3 is 5.97 Å². The zero-order valence-corrected chi connectivity index (χ0v) is 14.4. The quantitative estimate of drug-likeness (QED) is 0.573. The van der Waals surface area contributed by atoms with Gasteiger partial charge in [0.1, 0.15) is 22.9 Å². The van der Waals surface area contributed by atoms with Gasteiger partial charge in [-0.3, -0.25) is 14.4 Å². The van der Waals surface area contributed by atoms with Crippen LogP contribution in [0.5, 0.6) is 11.5 Å². The molecule has 1 aromatic rings. The molecule has 0 radical (unpaired) electrons. The molecule has 0 unspecified atom stereocenters. The average molecular weight is 346 g/mol. The number of allylic oxidation sites excluding steroid dienone is 1. The van der Waals surface area contributed by atoms with Crippen molar-refractivity contribution < 1.29 is 33.4 Å². The van der Waals surface area contributed by atoms with E-state index in [0.717, 1.165) is 0 Å². The van der Waals surface area contributed by atoms with Gasteiger partial charge in [0.2, 0.25) is 5.78 Å². The number of rotatable bonds is 6. The fraction of sp³-hybridized carbons (Fsp3) is 0.333. The van der Waals surface area contributed by atoms with E-state index >= 15 is 0 Å². The lowest BCUT2D eigenvalue weighted by Crippen LogP contribution is -2.29. The lowest BCUT2D eigenvalue weighted by molar-refractivity contribution is -0.138. The van der Waals surface area contributed by atoms with E-state index in [1.807, 2.05) is 0 Å². The Balaban J connectivity index is 2.75. The zero-order chi connectivity index (χ0) is 18.7. The monoisotopic (exact) mass is 346 g/mol. The Labute approximate surface area is 144 Å². The number of ketones is 3. The van der Waals surface area contributed by atoms with Gasteiger partial charge in [-0.2, -0.15) is 0 Å². The number of hydrogen-bond acceptors (Lipinski definition) is 7. The van der Waals surface area contributed by atoms with E-state index in [2.05, 4.69) is 0 Å². The molecule has 0 atom stereocenters. The second-order valence-electron chi connectivity index (χ2n) is 5.36. The number of esters is 1. The van der Waals surface area contributed by atoms with Gasteiger partial charge in [-0.15, -0.1) is 0 Å². The molecule has 1 aliphatic carbocycles. The number of carbonyl (C=O) groups excluding carboxylic acids is 4. The molecule has 0 bridgehead atoms. The minimum Gasteiger partial charge on any atom is -0.497 e. The molecule has 1 aliphatic rings. The van der Waals surface area contributed by atoms with E-state index in [1.54, 1.807) is 6.92 Å². The van der Waals surface area contributed by atoms with E-state index in [-0.39, 0.29) is 41.3 Å². The first kappa shape index (κ1) is 18.4. The minimum atomic E-state index is -0.930. The Morgan fingerprint density at radius 1 is 1.04 bits per heavy atom. The van der Waals surface area contributed by atoms with Gasteiger partial charge in [-0.05, 0) is 19.9 Å². The SMILES string of the molecule is CCOC(=O)C1=C(CC(C)=O)C(=O)c2cc(OC)cc(OC)c2C1=O. The molecule has 2 rings (SSSR count). The third kappa shape index (κ3) is 3.31. The first-order valence-corrected chi connectivity index (χ1v) is 7.60.